The maximum atomic E-state index is 13.2. The van der Waals surface area contributed by atoms with Crippen LogP contribution in [0.4, 0.5) is 10.1 Å². The standard InChI is InChI=1S/C14H20FNO/c1-3-8-16(12-5-6-12)14-7-4-11(15)9-13(14)10(2)17/h4,7,9-10,12,17H,3,5-6,8H2,1-2H3/t10-/m0/s1. The summed E-state index contributed by atoms with van der Waals surface area (Å²) in [7, 11) is 0. The predicted octanol–water partition coefficient (Wildman–Crippen LogP) is 3.26. The molecule has 1 atom stereocenters. The van der Waals surface area contributed by atoms with Crippen LogP contribution in [0.25, 0.3) is 0 Å². The van der Waals surface area contributed by atoms with Crippen molar-refractivity contribution in [1.29, 1.82) is 0 Å². The third-order valence-corrected chi connectivity index (χ3v) is 3.20. The summed E-state index contributed by atoms with van der Waals surface area (Å²) >= 11 is 0. The molecule has 94 valence electrons. The van der Waals surface area contributed by atoms with Crippen LogP contribution in [-0.4, -0.2) is 17.7 Å². The van der Waals surface area contributed by atoms with Crippen molar-refractivity contribution in [3.8, 4) is 0 Å². The summed E-state index contributed by atoms with van der Waals surface area (Å²) in [4.78, 5) is 2.31. The van der Waals surface area contributed by atoms with Gasteiger partial charge in [-0.25, -0.2) is 4.39 Å². The van der Waals surface area contributed by atoms with E-state index in [2.05, 4.69) is 11.8 Å². The van der Waals surface area contributed by atoms with Gasteiger partial charge in [0, 0.05) is 23.8 Å². The highest BCUT2D eigenvalue weighted by molar-refractivity contribution is 5.56. The van der Waals surface area contributed by atoms with Gasteiger partial charge in [-0.1, -0.05) is 6.92 Å². The van der Waals surface area contributed by atoms with E-state index in [4.69, 9.17) is 0 Å². The Kier molecular flexibility index (Phi) is 3.67. The lowest BCUT2D eigenvalue weighted by Gasteiger charge is -2.27. The number of hydrogen-bond donors (Lipinski definition) is 1. The summed E-state index contributed by atoms with van der Waals surface area (Å²) in [6.07, 6.45) is 2.85. The molecule has 2 rings (SSSR count). The molecule has 0 heterocycles. The monoisotopic (exact) mass is 237 g/mol. The van der Waals surface area contributed by atoms with Crippen molar-refractivity contribution in [2.24, 2.45) is 0 Å². The van der Waals surface area contributed by atoms with E-state index in [1.54, 1.807) is 13.0 Å². The number of halogens is 1. The van der Waals surface area contributed by atoms with E-state index in [1.807, 2.05) is 0 Å². The smallest absolute Gasteiger partial charge is 0.123 e. The molecule has 0 unspecified atom stereocenters. The molecule has 0 aromatic heterocycles. The Morgan fingerprint density at radius 1 is 1.47 bits per heavy atom. The number of nitrogens with zero attached hydrogens (tertiary/aromatic N) is 1. The number of aliphatic hydroxyl groups excluding tert-OH is 1. The largest absolute Gasteiger partial charge is 0.389 e. The van der Waals surface area contributed by atoms with Gasteiger partial charge in [0.1, 0.15) is 5.82 Å². The Balaban J connectivity index is 2.34. The Morgan fingerprint density at radius 2 is 2.18 bits per heavy atom. The van der Waals surface area contributed by atoms with Crippen molar-refractivity contribution in [2.45, 2.75) is 45.3 Å². The Morgan fingerprint density at radius 3 is 2.71 bits per heavy atom. The average Bonchev–Trinajstić information content (AvgIpc) is 3.10. The minimum absolute atomic E-state index is 0.281. The molecule has 1 aromatic rings. The van der Waals surface area contributed by atoms with E-state index >= 15 is 0 Å². The molecule has 1 saturated carbocycles. The van der Waals surface area contributed by atoms with E-state index in [9.17, 15) is 9.50 Å². The highest BCUT2D eigenvalue weighted by atomic mass is 19.1. The quantitative estimate of drug-likeness (QED) is 0.849. The second-order valence-electron chi connectivity index (χ2n) is 4.80. The molecule has 1 aliphatic rings. The summed E-state index contributed by atoms with van der Waals surface area (Å²) in [5, 5.41) is 9.75. The number of rotatable bonds is 5. The highest BCUT2D eigenvalue weighted by Gasteiger charge is 2.30. The Bertz CT molecular complexity index is 388. The molecular weight excluding hydrogens is 217 g/mol. The second-order valence-corrected chi connectivity index (χ2v) is 4.80. The van der Waals surface area contributed by atoms with Gasteiger partial charge in [-0.2, -0.15) is 0 Å². The summed E-state index contributed by atoms with van der Waals surface area (Å²) in [6.45, 7) is 4.80. The third kappa shape index (κ3) is 2.78. The van der Waals surface area contributed by atoms with Crippen LogP contribution in [-0.2, 0) is 0 Å². The topological polar surface area (TPSA) is 23.5 Å². The van der Waals surface area contributed by atoms with Crippen LogP contribution >= 0.6 is 0 Å². The van der Waals surface area contributed by atoms with E-state index in [0.717, 1.165) is 18.7 Å². The van der Waals surface area contributed by atoms with Gasteiger partial charge in [0.25, 0.3) is 0 Å². The molecule has 1 fully saturated rings. The van der Waals surface area contributed by atoms with Gasteiger partial charge in [0.15, 0.2) is 0 Å². The summed E-state index contributed by atoms with van der Waals surface area (Å²) in [5.74, 6) is -0.281. The first-order chi connectivity index (χ1) is 8.13. The number of anilines is 1. The zero-order chi connectivity index (χ0) is 12.4. The van der Waals surface area contributed by atoms with Crippen molar-refractivity contribution in [3.05, 3.63) is 29.6 Å². The van der Waals surface area contributed by atoms with E-state index in [-0.39, 0.29) is 5.82 Å². The van der Waals surface area contributed by atoms with Gasteiger partial charge in [-0.3, -0.25) is 0 Å². The maximum absolute atomic E-state index is 13.2. The first-order valence-electron chi connectivity index (χ1n) is 6.37. The van der Waals surface area contributed by atoms with Crippen molar-refractivity contribution < 1.29 is 9.50 Å². The Hall–Kier alpha value is -1.09. The van der Waals surface area contributed by atoms with Crippen LogP contribution in [0.1, 0.15) is 44.8 Å². The van der Waals surface area contributed by atoms with Gasteiger partial charge in [0.05, 0.1) is 6.10 Å². The fourth-order valence-electron chi connectivity index (χ4n) is 2.25. The molecule has 0 spiro atoms. The SMILES string of the molecule is CCCN(c1ccc(F)cc1[C@H](C)O)C1CC1. The van der Waals surface area contributed by atoms with Crippen LogP contribution in [0, 0.1) is 5.82 Å². The lowest BCUT2D eigenvalue weighted by Crippen LogP contribution is -2.27. The predicted molar refractivity (Wildman–Crippen MR) is 67.7 cm³/mol. The number of aliphatic hydroxyl groups is 1. The average molecular weight is 237 g/mol. The third-order valence-electron chi connectivity index (χ3n) is 3.20. The van der Waals surface area contributed by atoms with Gasteiger partial charge in [0.2, 0.25) is 0 Å². The Labute approximate surface area is 102 Å². The van der Waals surface area contributed by atoms with Crippen LogP contribution in [0.3, 0.4) is 0 Å². The van der Waals surface area contributed by atoms with Crippen LogP contribution in [0.2, 0.25) is 0 Å². The van der Waals surface area contributed by atoms with Crippen LogP contribution in [0.5, 0.6) is 0 Å². The van der Waals surface area contributed by atoms with Gasteiger partial charge in [-0.05, 0) is 44.4 Å². The summed E-state index contributed by atoms with van der Waals surface area (Å²) in [5.41, 5.74) is 1.69. The normalized spacial score (nSPS) is 16.9. The number of hydrogen-bond acceptors (Lipinski definition) is 2. The maximum Gasteiger partial charge on any atom is 0.123 e. The molecule has 1 N–H and O–H groups in total. The van der Waals surface area contributed by atoms with Crippen LogP contribution < -0.4 is 4.90 Å². The van der Waals surface area contributed by atoms with Gasteiger partial charge in [-0.15, -0.1) is 0 Å². The van der Waals surface area contributed by atoms with Gasteiger partial charge < -0.3 is 10.0 Å². The summed E-state index contributed by atoms with van der Waals surface area (Å²) in [6, 6.07) is 5.31. The zero-order valence-corrected chi connectivity index (χ0v) is 10.5. The molecule has 2 nitrogen and oxygen atoms in total. The first kappa shape index (κ1) is 12.4. The molecule has 0 aliphatic heterocycles. The molecule has 1 aliphatic carbocycles. The molecule has 0 radical (unpaired) electrons. The zero-order valence-electron chi connectivity index (χ0n) is 10.5. The molecular formula is C14H20FNO. The molecule has 1 aromatic carbocycles. The van der Waals surface area contributed by atoms with E-state index in [0.29, 0.717) is 11.6 Å². The van der Waals surface area contributed by atoms with Crippen molar-refractivity contribution in [3.63, 3.8) is 0 Å². The van der Waals surface area contributed by atoms with Crippen molar-refractivity contribution in [2.75, 3.05) is 11.4 Å². The fourth-order valence-corrected chi connectivity index (χ4v) is 2.25. The molecule has 17 heavy (non-hydrogen) atoms. The lowest BCUT2D eigenvalue weighted by atomic mass is 10.1. The summed E-state index contributed by atoms with van der Waals surface area (Å²) < 4.78 is 13.2. The highest BCUT2D eigenvalue weighted by Crippen LogP contribution is 2.36. The second kappa shape index (κ2) is 5.05. The molecule has 0 amide bonds. The molecule has 0 bridgehead atoms. The van der Waals surface area contributed by atoms with E-state index < -0.39 is 6.10 Å². The minimum Gasteiger partial charge on any atom is -0.389 e. The molecule has 3 heteroatoms. The minimum atomic E-state index is -0.626. The van der Waals surface area contributed by atoms with Crippen LogP contribution in [0.15, 0.2) is 18.2 Å². The fraction of sp³-hybridized carbons (Fsp3) is 0.571. The molecule has 0 saturated heterocycles. The van der Waals surface area contributed by atoms with Gasteiger partial charge >= 0.3 is 0 Å². The van der Waals surface area contributed by atoms with Crippen molar-refractivity contribution in [1.82, 2.24) is 0 Å². The number of benzene rings is 1. The van der Waals surface area contributed by atoms with E-state index in [1.165, 1.54) is 25.0 Å². The first-order valence-corrected chi connectivity index (χ1v) is 6.37. The van der Waals surface area contributed by atoms with Crippen molar-refractivity contribution >= 4 is 5.69 Å². The lowest BCUT2D eigenvalue weighted by molar-refractivity contribution is 0.199.